The van der Waals surface area contributed by atoms with E-state index in [1.807, 2.05) is 6.07 Å². The van der Waals surface area contributed by atoms with Gasteiger partial charge in [-0.3, -0.25) is 0 Å². The molecule has 0 atom stereocenters. The fourth-order valence-corrected chi connectivity index (χ4v) is 3.20. The van der Waals surface area contributed by atoms with Gasteiger partial charge < -0.3 is 0 Å². The van der Waals surface area contributed by atoms with Gasteiger partial charge in [-0.2, -0.15) is 22.8 Å². The highest BCUT2D eigenvalue weighted by atomic mass is 32.1. The normalized spacial score (nSPS) is 11.3. The fourth-order valence-electron chi connectivity index (χ4n) is 2.31. The average molecular weight is 348 g/mol. The van der Waals surface area contributed by atoms with E-state index in [0.717, 1.165) is 17.6 Å². The van der Waals surface area contributed by atoms with Crippen LogP contribution >= 0.6 is 11.5 Å². The Morgan fingerprint density at radius 3 is 2.29 bits per heavy atom. The van der Waals surface area contributed by atoms with Gasteiger partial charge in [0.05, 0.1) is 16.0 Å². The molecule has 0 saturated carbocycles. The first kappa shape index (κ1) is 16.1. The van der Waals surface area contributed by atoms with Crippen LogP contribution in [0.1, 0.15) is 11.1 Å². The maximum Gasteiger partial charge on any atom is 0.417 e. The van der Waals surface area contributed by atoms with E-state index < -0.39 is 17.6 Å². The molecule has 1 aromatic heterocycles. The molecule has 0 radical (unpaired) electrons. The van der Waals surface area contributed by atoms with Gasteiger partial charge in [-0.05, 0) is 41.9 Å². The zero-order valence-electron chi connectivity index (χ0n) is 11.9. The number of halogens is 4. The van der Waals surface area contributed by atoms with Crippen LogP contribution in [0.15, 0.2) is 48.5 Å². The summed E-state index contributed by atoms with van der Waals surface area (Å²) in [5, 5.41) is 9.42. The van der Waals surface area contributed by atoms with Crippen molar-refractivity contribution in [3.63, 3.8) is 0 Å². The molecule has 3 aromatic rings. The van der Waals surface area contributed by atoms with Gasteiger partial charge in [-0.1, -0.05) is 18.2 Å². The molecule has 0 aliphatic carbocycles. The number of alkyl halides is 3. The molecule has 0 N–H and O–H groups in total. The largest absolute Gasteiger partial charge is 0.417 e. The second-order valence-electron chi connectivity index (χ2n) is 4.90. The summed E-state index contributed by atoms with van der Waals surface area (Å²) in [4.78, 5) is 0.143. The van der Waals surface area contributed by atoms with E-state index in [1.165, 1.54) is 42.5 Å². The number of rotatable bonds is 2. The van der Waals surface area contributed by atoms with Crippen LogP contribution in [0.2, 0.25) is 0 Å². The summed E-state index contributed by atoms with van der Waals surface area (Å²) in [6.07, 6.45) is -4.54. The highest BCUT2D eigenvalue weighted by molar-refractivity contribution is 7.10. The molecule has 7 heteroatoms. The number of nitriles is 1. The molecule has 0 bridgehead atoms. The van der Waals surface area contributed by atoms with Gasteiger partial charge in [-0.15, -0.1) is 0 Å². The second-order valence-corrected chi connectivity index (χ2v) is 5.67. The Labute approximate surface area is 138 Å². The standard InChI is InChI=1S/C17H8F4N2S/c18-11-7-5-10(6-8-11)15-13(9-22)16(24-23-15)12-3-1-2-4-14(12)17(19,20)21/h1-8H. The van der Waals surface area contributed by atoms with Crippen molar-refractivity contribution < 1.29 is 17.6 Å². The van der Waals surface area contributed by atoms with Crippen molar-refractivity contribution in [2.45, 2.75) is 6.18 Å². The smallest absolute Gasteiger partial charge is 0.207 e. The van der Waals surface area contributed by atoms with Crippen LogP contribution in [0.5, 0.6) is 0 Å². The number of nitrogens with zero attached hydrogens (tertiary/aromatic N) is 2. The van der Waals surface area contributed by atoms with Crippen molar-refractivity contribution in [1.29, 1.82) is 5.26 Å². The molecule has 1 heterocycles. The van der Waals surface area contributed by atoms with Crippen molar-refractivity contribution in [3.8, 4) is 27.8 Å². The summed E-state index contributed by atoms with van der Waals surface area (Å²) in [5.41, 5.74) is -0.152. The molecule has 0 unspecified atom stereocenters. The van der Waals surface area contributed by atoms with Crippen molar-refractivity contribution in [3.05, 3.63) is 65.5 Å². The first-order valence-electron chi connectivity index (χ1n) is 6.74. The molecule has 2 aromatic carbocycles. The Bertz CT molecular complexity index is 921. The van der Waals surface area contributed by atoms with E-state index >= 15 is 0 Å². The Morgan fingerprint density at radius 1 is 1.00 bits per heavy atom. The lowest BCUT2D eigenvalue weighted by atomic mass is 10.00. The fraction of sp³-hybridized carbons (Fsp3) is 0.0588. The first-order valence-corrected chi connectivity index (χ1v) is 7.51. The van der Waals surface area contributed by atoms with Gasteiger partial charge in [0, 0.05) is 11.1 Å². The minimum absolute atomic E-state index is 0.0447. The number of hydrogen-bond acceptors (Lipinski definition) is 3. The minimum Gasteiger partial charge on any atom is -0.207 e. The predicted octanol–water partition coefficient (Wildman–Crippen LogP) is 5.51. The summed E-state index contributed by atoms with van der Waals surface area (Å²) in [5.74, 6) is -0.449. The Morgan fingerprint density at radius 2 is 1.67 bits per heavy atom. The SMILES string of the molecule is N#Cc1c(-c2ccc(F)cc2)nsc1-c1ccccc1C(F)(F)F. The van der Waals surface area contributed by atoms with E-state index in [2.05, 4.69) is 4.37 Å². The molecule has 3 rings (SSSR count). The van der Waals surface area contributed by atoms with Gasteiger partial charge in [0.2, 0.25) is 0 Å². The monoisotopic (exact) mass is 348 g/mol. The summed E-state index contributed by atoms with van der Waals surface area (Å²) in [7, 11) is 0. The number of hydrogen-bond donors (Lipinski definition) is 0. The maximum atomic E-state index is 13.2. The Kier molecular flexibility index (Phi) is 4.08. The van der Waals surface area contributed by atoms with Crippen LogP contribution in [-0.4, -0.2) is 4.37 Å². The average Bonchev–Trinajstić information content (AvgIpc) is 2.98. The highest BCUT2D eigenvalue weighted by Gasteiger charge is 2.34. The van der Waals surface area contributed by atoms with Crippen LogP contribution in [0.25, 0.3) is 21.7 Å². The van der Waals surface area contributed by atoms with Crippen LogP contribution < -0.4 is 0 Å². The van der Waals surface area contributed by atoms with Crippen LogP contribution in [0.4, 0.5) is 17.6 Å². The third-order valence-corrected chi connectivity index (χ3v) is 4.28. The molecule has 0 aliphatic rings. The molecule has 24 heavy (non-hydrogen) atoms. The molecule has 0 fully saturated rings. The lowest BCUT2D eigenvalue weighted by molar-refractivity contribution is -0.137. The van der Waals surface area contributed by atoms with Crippen LogP contribution in [0.3, 0.4) is 0 Å². The summed E-state index contributed by atoms with van der Waals surface area (Å²) >= 11 is 0.817. The Balaban J connectivity index is 2.19. The van der Waals surface area contributed by atoms with Gasteiger partial charge >= 0.3 is 6.18 Å². The molecule has 0 saturated heterocycles. The first-order chi connectivity index (χ1) is 11.4. The number of aromatic nitrogens is 1. The number of benzene rings is 2. The van der Waals surface area contributed by atoms with Crippen LogP contribution in [-0.2, 0) is 6.18 Å². The summed E-state index contributed by atoms with van der Waals surface area (Å²) < 4.78 is 56.8. The van der Waals surface area contributed by atoms with Crippen molar-refractivity contribution in [2.75, 3.05) is 0 Å². The predicted molar refractivity (Wildman–Crippen MR) is 82.7 cm³/mol. The topological polar surface area (TPSA) is 36.7 Å². The maximum absolute atomic E-state index is 13.2. The van der Waals surface area contributed by atoms with E-state index in [-0.39, 0.29) is 21.7 Å². The van der Waals surface area contributed by atoms with Gasteiger partial charge in [0.1, 0.15) is 17.6 Å². The quantitative estimate of drug-likeness (QED) is 0.573. The lowest BCUT2D eigenvalue weighted by Crippen LogP contribution is -2.06. The second kappa shape index (κ2) is 6.06. The van der Waals surface area contributed by atoms with Crippen LogP contribution in [0, 0.1) is 17.1 Å². The van der Waals surface area contributed by atoms with Gasteiger partial charge in [-0.25, -0.2) is 4.39 Å². The third kappa shape index (κ3) is 2.88. The summed E-state index contributed by atoms with van der Waals surface area (Å²) in [6, 6.07) is 12.3. The summed E-state index contributed by atoms with van der Waals surface area (Å²) in [6.45, 7) is 0. The third-order valence-electron chi connectivity index (χ3n) is 3.40. The highest BCUT2D eigenvalue weighted by Crippen LogP contribution is 2.42. The van der Waals surface area contributed by atoms with E-state index in [0.29, 0.717) is 5.56 Å². The van der Waals surface area contributed by atoms with E-state index in [9.17, 15) is 22.8 Å². The molecular formula is C17H8F4N2S. The van der Waals surface area contributed by atoms with E-state index in [4.69, 9.17) is 0 Å². The molecule has 120 valence electrons. The van der Waals surface area contributed by atoms with Gasteiger partial charge in [0.15, 0.2) is 0 Å². The zero-order chi connectivity index (χ0) is 17.3. The molecule has 0 amide bonds. The van der Waals surface area contributed by atoms with Gasteiger partial charge in [0.25, 0.3) is 0 Å². The molecule has 2 nitrogen and oxygen atoms in total. The van der Waals surface area contributed by atoms with Crippen molar-refractivity contribution in [1.82, 2.24) is 4.37 Å². The lowest BCUT2D eigenvalue weighted by Gasteiger charge is -2.11. The van der Waals surface area contributed by atoms with Crippen molar-refractivity contribution in [2.24, 2.45) is 0 Å². The molecule has 0 aliphatic heterocycles. The molecular weight excluding hydrogens is 340 g/mol. The minimum atomic E-state index is -4.54. The van der Waals surface area contributed by atoms with E-state index in [1.54, 1.807) is 0 Å². The van der Waals surface area contributed by atoms with Crippen molar-refractivity contribution >= 4 is 11.5 Å². The Hall–Kier alpha value is -2.72. The molecule has 0 spiro atoms. The zero-order valence-corrected chi connectivity index (χ0v) is 12.7.